The maximum Gasteiger partial charge on any atom is 0.289 e. The normalized spacial score (nSPS) is 10.4. The van der Waals surface area contributed by atoms with Gasteiger partial charge in [-0.1, -0.05) is 18.2 Å². The number of aromatic nitrogens is 2. The second-order valence-corrected chi connectivity index (χ2v) is 6.93. The van der Waals surface area contributed by atoms with Crippen molar-refractivity contribution >= 4 is 45.6 Å². The lowest BCUT2D eigenvalue weighted by molar-refractivity contribution is 0.0957. The van der Waals surface area contributed by atoms with Crippen molar-refractivity contribution in [1.29, 1.82) is 0 Å². The topological polar surface area (TPSA) is 105 Å². The van der Waals surface area contributed by atoms with Crippen molar-refractivity contribution < 1.29 is 14.3 Å². The number of amides is 2. The van der Waals surface area contributed by atoms with Crippen LogP contribution in [0.15, 0.2) is 65.5 Å². The molecule has 0 unspecified atom stereocenters. The lowest BCUT2D eigenvalue weighted by Gasteiger charge is -2.13. The predicted octanol–water partition coefficient (Wildman–Crippen LogP) is 3.71. The highest BCUT2D eigenvalue weighted by atomic mass is 32.1. The molecule has 0 saturated carbocycles. The molecule has 0 aliphatic heterocycles. The van der Waals surface area contributed by atoms with Gasteiger partial charge in [-0.2, -0.15) is 0 Å². The van der Waals surface area contributed by atoms with Gasteiger partial charge >= 0.3 is 0 Å². The first-order chi connectivity index (χ1) is 14.6. The molecule has 2 aromatic heterocycles. The first kappa shape index (κ1) is 19.3. The number of pyridine rings is 1. The molecular formula is C21H17N5O3S. The monoisotopic (exact) mass is 419 g/mol. The third-order valence-electron chi connectivity index (χ3n) is 4.29. The number of thiazole rings is 1. The van der Waals surface area contributed by atoms with Crippen LogP contribution in [0.25, 0.3) is 10.9 Å². The standard InChI is InChI=1S/C21H17N5O3S/c1-29-14-8-6-13(7-9-14)20(27)24-17-10-19(23-16-5-3-2-4-15(16)17)25-26-21(28)18-11-30-12-22-18/h2-12H,1H3,(H,26,28)(H2,23,24,25,27). The van der Waals surface area contributed by atoms with Gasteiger partial charge in [-0.15, -0.1) is 11.3 Å². The van der Waals surface area contributed by atoms with Crippen LogP contribution in [0.2, 0.25) is 0 Å². The molecule has 0 atom stereocenters. The van der Waals surface area contributed by atoms with Gasteiger partial charge in [0.25, 0.3) is 11.8 Å². The second kappa shape index (κ2) is 8.58. The van der Waals surface area contributed by atoms with Gasteiger partial charge in [0.05, 0.1) is 23.8 Å². The maximum absolute atomic E-state index is 12.7. The molecule has 3 N–H and O–H groups in total. The Morgan fingerprint density at radius 1 is 1.03 bits per heavy atom. The van der Waals surface area contributed by atoms with E-state index < -0.39 is 0 Å². The number of anilines is 2. The van der Waals surface area contributed by atoms with Crippen molar-refractivity contribution in [2.24, 2.45) is 0 Å². The van der Waals surface area contributed by atoms with Gasteiger partial charge in [-0.3, -0.25) is 20.4 Å². The molecule has 0 radical (unpaired) electrons. The van der Waals surface area contributed by atoms with E-state index in [2.05, 4.69) is 26.1 Å². The number of rotatable bonds is 6. The van der Waals surface area contributed by atoms with E-state index in [4.69, 9.17) is 4.74 Å². The van der Waals surface area contributed by atoms with Crippen molar-refractivity contribution in [3.8, 4) is 5.75 Å². The van der Waals surface area contributed by atoms with Gasteiger partial charge in [0.15, 0.2) is 0 Å². The van der Waals surface area contributed by atoms with Crippen LogP contribution in [-0.4, -0.2) is 28.9 Å². The summed E-state index contributed by atoms with van der Waals surface area (Å²) in [6.07, 6.45) is 0. The average molecular weight is 419 g/mol. The number of carbonyl (C=O) groups is 2. The molecule has 8 nitrogen and oxygen atoms in total. The third-order valence-corrected chi connectivity index (χ3v) is 4.87. The lowest BCUT2D eigenvalue weighted by atomic mass is 10.1. The lowest BCUT2D eigenvalue weighted by Crippen LogP contribution is -2.30. The van der Waals surface area contributed by atoms with Gasteiger partial charge in [-0.05, 0) is 30.3 Å². The number of nitrogens with zero attached hydrogens (tertiary/aromatic N) is 2. The summed E-state index contributed by atoms with van der Waals surface area (Å²) in [6.45, 7) is 0. The number of ether oxygens (including phenoxy) is 1. The number of hydrogen-bond donors (Lipinski definition) is 3. The Kier molecular flexibility index (Phi) is 5.53. The van der Waals surface area contributed by atoms with Crippen molar-refractivity contribution in [1.82, 2.24) is 15.4 Å². The van der Waals surface area contributed by atoms with Crippen LogP contribution in [-0.2, 0) is 0 Å². The molecule has 0 saturated heterocycles. The van der Waals surface area contributed by atoms with Crippen LogP contribution < -0.4 is 20.9 Å². The number of methoxy groups -OCH3 is 1. The molecule has 4 aromatic rings. The molecule has 2 aromatic carbocycles. The number of fused-ring (bicyclic) bond motifs is 1. The minimum Gasteiger partial charge on any atom is -0.497 e. The highest BCUT2D eigenvalue weighted by Gasteiger charge is 2.12. The molecule has 0 aliphatic rings. The molecular weight excluding hydrogens is 402 g/mol. The van der Waals surface area contributed by atoms with Crippen LogP contribution in [0.5, 0.6) is 5.75 Å². The number of nitrogens with one attached hydrogen (secondary N) is 3. The second-order valence-electron chi connectivity index (χ2n) is 6.21. The number of para-hydroxylation sites is 1. The summed E-state index contributed by atoms with van der Waals surface area (Å²) in [5.41, 5.74) is 8.94. The van der Waals surface area contributed by atoms with Crippen molar-refractivity contribution in [2.45, 2.75) is 0 Å². The maximum atomic E-state index is 12.7. The third kappa shape index (κ3) is 4.20. The van der Waals surface area contributed by atoms with E-state index in [1.54, 1.807) is 48.3 Å². The van der Waals surface area contributed by atoms with E-state index in [1.807, 2.05) is 24.3 Å². The van der Waals surface area contributed by atoms with Gasteiger partial charge < -0.3 is 10.1 Å². The quantitative estimate of drug-likeness (QED) is 0.412. The highest BCUT2D eigenvalue weighted by Crippen LogP contribution is 2.26. The Morgan fingerprint density at radius 2 is 1.83 bits per heavy atom. The molecule has 4 rings (SSSR count). The van der Waals surface area contributed by atoms with Gasteiger partial charge in [0, 0.05) is 22.4 Å². The summed E-state index contributed by atoms with van der Waals surface area (Å²) in [6, 6.07) is 15.9. The fourth-order valence-electron chi connectivity index (χ4n) is 2.79. The largest absolute Gasteiger partial charge is 0.497 e. The highest BCUT2D eigenvalue weighted by molar-refractivity contribution is 7.07. The smallest absolute Gasteiger partial charge is 0.289 e. The molecule has 0 fully saturated rings. The Bertz CT molecular complexity index is 1190. The molecule has 150 valence electrons. The molecule has 2 amide bonds. The Balaban J connectivity index is 1.58. The molecule has 0 spiro atoms. The minimum atomic E-state index is -0.380. The number of hydrazine groups is 1. The van der Waals surface area contributed by atoms with E-state index in [0.29, 0.717) is 34.0 Å². The zero-order valence-electron chi connectivity index (χ0n) is 15.9. The summed E-state index contributed by atoms with van der Waals surface area (Å²) < 4.78 is 5.13. The van der Waals surface area contributed by atoms with E-state index in [-0.39, 0.29) is 11.8 Å². The van der Waals surface area contributed by atoms with Crippen molar-refractivity contribution in [3.05, 3.63) is 76.7 Å². The Morgan fingerprint density at radius 3 is 2.57 bits per heavy atom. The van der Waals surface area contributed by atoms with E-state index in [1.165, 1.54) is 11.3 Å². The van der Waals surface area contributed by atoms with Gasteiger partial charge in [-0.25, -0.2) is 9.97 Å². The first-order valence-electron chi connectivity index (χ1n) is 8.94. The minimum absolute atomic E-state index is 0.272. The summed E-state index contributed by atoms with van der Waals surface area (Å²) in [4.78, 5) is 33.3. The van der Waals surface area contributed by atoms with Gasteiger partial charge in [0.2, 0.25) is 0 Å². The van der Waals surface area contributed by atoms with Crippen molar-refractivity contribution in [3.63, 3.8) is 0 Å². The molecule has 9 heteroatoms. The SMILES string of the molecule is COc1ccc(C(=O)Nc2cc(NNC(=O)c3cscn3)nc3ccccc23)cc1. The molecule has 2 heterocycles. The zero-order valence-corrected chi connectivity index (χ0v) is 16.7. The average Bonchev–Trinajstić information content (AvgIpc) is 3.32. The van der Waals surface area contributed by atoms with Crippen LogP contribution in [0.3, 0.4) is 0 Å². The Hall–Kier alpha value is -3.98. The van der Waals surface area contributed by atoms with Crippen LogP contribution in [0.1, 0.15) is 20.8 Å². The van der Waals surface area contributed by atoms with Crippen LogP contribution >= 0.6 is 11.3 Å². The summed E-state index contributed by atoms with van der Waals surface area (Å²) in [7, 11) is 1.57. The summed E-state index contributed by atoms with van der Waals surface area (Å²) in [5.74, 6) is 0.395. The number of carbonyl (C=O) groups excluding carboxylic acids is 2. The Labute approximate surface area is 175 Å². The number of hydrogen-bond acceptors (Lipinski definition) is 7. The van der Waals surface area contributed by atoms with Gasteiger partial charge in [0.1, 0.15) is 17.3 Å². The van der Waals surface area contributed by atoms with E-state index >= 15 is 0 Å². The fourth-order valence-corrected chi connectivity index (χ4v) is 3.32. The van der Waals surface area contributed by atoms with E-state index in [0.717, 1.165) is 5.39 Å². The fraction of sp³-hybridized carbons (Fsp3) is 0.0476. The van der Waals surface area contributed by atoms with E-state index in [9.17, 15) is 9.59 Å². The van der Waals surface area contributed by atoms with Crippen LogP contribution in [0.4, 0.5) is 11.5 Å². The van der Waals surface area contributed by atoms with Crippen molar-refractivity contribution in [2.75, 3.05) is 17.9 Å². The first-order valence-corrected chi connectivity index (χ1v) is 9.88. The van der Waals surface area contributed by atoms with Crippen LogP contribution in [0, 0.1) is 0 Å². The summed E-state index contributed by atoms with van der Waals surface area (Å²) >= 11 is 1.33. The number of benzene rings is 2. The zero-order chi connectivity index (χ0) is 20.9. The molecule has 0 aliphatic carbocycles. The molecule has 30 heavy (non-hydrogen) atoms. The molecule has 0 bridgehead atoms. The predicted molar refractivity (Wildman–Crippen MR) is 116 cm³/mol. The summed E-state index contributed by atoms with van der Waals surface area (Å²) in [5, 5.41) is 5.33.